The van der Waals surface area contributed by atoms with E-state index in [-0.39, 0.29) is 0 Å². The quantitative estimate of drug-likeness (QED) is 0.612. The second kappa shape index (κ2) is 6.33. The second-order valence-corrected chi connectivity index (χ2v) is 5.07. The summed E-state index contributed by atoms with van der Waals surface area (Å²) in [7, 11) is 1.74. The first-order chi connectivity index (χ1) is 11.1. The maximum absolute atomic E-state index is 13.2. The standard InChI is InChI=1S/C14H12F5NO4/c1-23-12(21)7-6(5-3-4-5)8(13(22)24-2)10(14(17,18)19)20-9(7)11(15)16/h5,11H,3-4H2,1-2H3. The molecular weight excluding hydrogens is 341 g/mol. The third-order valence-corrected chi connectivity index (χ3v) is 3.50. The van der Waals surface area contributed by atoms with E-state index in [9.17, 15) is 31.5 Å². The predicted octanol–water partition coefficient (Wildman–Crippen LogP) is 3.49. The van der Waals surface area contributed by atoms with Crippen LogP contribution in [0.4, 0.5) is 22.0 Å². The zero-order chi connectivity index (χ0) is 18.2. The first-order valence-corrected chi connectivity index (χ1v) is 6.73. The lowest BCUT2D eigenvalue weighted by Gasteiger charge is -2.20. The van der Waals surface area contributed by atoms with E-state index in [0.717, 1.165) is 14.2 Å². The van der Waals surface area contributed by atoms with Crippen LogP contribution < -0.4 is 0 Å². The van der Waals surface area contributed by atoms with Crippen molar-refractivity contribution >= 4 is 11.9 Å². The number of hydrogen-bond acceptors (Lipinski definition) is 5. The van der Waals surface area contributed by atoms with Gasteiger partial charge in [0.1, 0.15) is 5.69 Å². The van der Waals surface area contributed by atoms with Gasteiger partial charge in [0.15, 0.2) is 5.69 Å². The predicted molar refractivity (Wildman–Crippen MR) is 68.9 cm³/mol. The minimum absolute atomic E-state index is 0.345. The first-order valence-electron chi connectivity index (χ1n) is 6.73. The molecule has 0 atom stereocenters. The van der Waals surface area contributed by atoms with Crippen LogP contribution in [0.15, 0.2) is 0 Å². The zero-order valence-electron chi connectivity index (χ0n) is 12.5. The van der Waals surface area contributed by atoms with Gasteiger partial charge in [-0.15, -0.1) is 0 Å². The molecule has 24 heavy (non-hydrogen) atoms. The van der Waals surface area contributed by atoms with E-state index >= 15 is 0 Å². The number of halogens is 5. The van der Waals surface area contributed by atoms with Crippen molar-refractivity contribution in [3.05, 3.63) is 28.1 Å². The van der Waals surface area contributed by atoms with E-state index in [0.29, 0.717) is 12.8 Å². The number of rotatable bonds is 4. The summed E-state index contributed by atoms with van der Waals surface area (Å²) in [5.41, 5.74) is -5.41. The van der Waals surface area contributed by atoms with Gasteiger partial charge in [-0.3, -0.25) is 0 Å². The molecule has 10 heteroatoms. The van der Waals surface area contributed by atoms with Crippen LogP contribution in [0.2, 0.25) is 0 Å². The van der Waals surface area contributed by atoms with Crippen molar-refractivity contribution in [2.24, 2.45) is 0 Å². The molecular formula is C14H12F5NO4. The molecule has 1 heterocycles. The van der Waals surface area contributed by atoms with Crippen molar-refractivity contribution < 1.29 is 41.0 Å². The van der Waals surface area contributed by atoms with Gasteiger partial charge in [0.2, 0.25) is 0 Å². The average molecular weight is 353 g/mol. The molecule has 1 aromatic heterocycles. The van der Waals surface area contributed by atoms with Crippen molar-refractivity contribution in [1.82, 2.24) is 4.98 Å². The molecule has 1 aromatic rings. The summed E-state index contributed by atoms with van der Waals surface area (Å²) in [5.74, 6) is -3.32. The van der Waals surface area contributed by atoms with Gasteiger partial charge in [-0.2, -0.15) is 13.2 Å². The molecule has 1 aliphatic carbocycles. The van der Waals surface area contributed by atoms with Gasteiger partial charge < -0.3 is 9.47 Å². The number of alkyl halides is 5. The van der Waals surface area contributed by atoms with E-state index in [4.69, 9.17) is 0 Å². The van der Waals surface area contributed by atoms with Gasteiger partial charge >= 0.3 is 18.1 Å². The Balaban J connectivity index is 2.94. The molecule has 1 saturated carbocycles. The summed E-state index contributed by atoms with van der Waals surface area (Å²) in [4.78, 5) is 26.6. The minimum atomic E-state index is -5.18. The molecule has 0 radical (unpaired) electrons. The van der Waals surface area contributed by atoms with Gasteiger partial charge in [0.05, 0.1) is 25.3 Å². The molecule has 0 amide bonds. The molecule has 132 valence electrons. The summed E-state index contributed by atoms with van der Waals surface area (Å²) >= 11 is 0. The largest absolute Gasteiger partial charge is 0.465 e. The maximum atomic E-state index is 13.2. The van der Waals surface area contributed by atoms with Crippen LogP contribution in [0, 0.1) is 0 Å². The van der Waals surface area contributed by atoms with Crippen molar-refractivity contribution in [1.29, 1.82) is 0 Å². The Hall–Kier alpha value is -2.26. The molecule has 0 aromatic carbocycles. The van der Waals surface area contributed by atoms with Gasteiger partial charge in [0.25, 0.3) is 6.43 Å². The maximum Gasteiger partial charge on any atom is 0.434 e. The Morgan fingerprint density at radius 2 is 1.58 bits per heavy atom. The molecule has 0 aliphatic heterocycles. The zero-order valence-corrected chi connectivity index (χ0v) is 12.5. The van der Waals surface area contributed by atoms with Crippen LogP contribution in [0.25, 0.3) is 0 Å². The summed E-state index contributed by atoms with van der Waals surface area (Å²) in [6.07, 6.45) is -7.94. The Bertz CT molecular complexity index is 683. The fourth-order valence-corrected chi connectivity index (χ4v) is 2.39. The lowest BCUT2D eigenvalue weighted by atomic mass is 9.94. The third-order valence-electron chi connectivity index (χ3n) is 3.50. The molecule has 1 aliphatic rings. The van der Waals surface area contributed by atoms with Crippen molar-refractivity contribution in [2.45, 2.75) is 31.4 Å². The van der Waals surface area contributed by atoms with Crippen molar-refractivity contribution in [2.75, 3.05) is 14.2 Å². The third kappa shape index (κ3) is 3.17. The number of hydrogen-bond donors (Lipinski definition) is 0. The molecule has 0 unspecified atom stereocenters. The Labute approximate surface area is 132 Å². The summed E-state index contributed by atoms with van der Waals surface area (Å²) < 4.78 is 74.9. The number of pyridine rings is 1. The lowest BCUT2D eigenvalue weighted by Crippen LogP contribution is -2.24. The number of aromatic nitrogens is 1. The first kappa shape index (κ1) is 18.1. The molecule has 0 N–H and O–H groups in total. The summed E-state index contributed by atoms with van der Waals surface area (Å²) in [6, 6.07) is 0. The number of methoxy groups -OCH3 is 2. The monoisotopic (exact) mass is 353 g/mol. The van der Waals surface area contributed by atoms with Gasteiger partial charge in [-0.25, -0.2) is 23.4 Å². The molecule has 2 rings (SSSR count). The average Bonchev–Trinajstić information content (AvgIpc) is 3.34. The number of esters is 2. The number of carbonyl (C=O) groups excluding carboxylic acids is 2. The van der Waals surface area contributed by atoms with Crippen molar-refractivity contribution in [3.63, 3.8) is 0 Å². The Kier molecular flexibility index (Phi) is 4.77. The highest BCUT2D eigenvalue weighted by molar-refractivity contribution is 6.00. The second-order valence-electron chi connectivity index (χ2n) is 5.07. The fraction of sp³-hybridized carbons (Fsp3) is 0.500. The van der Waals surface area contributed by atoms with Crippen LogP contribution in [0.5, 0.6) is 0 Å². The molecule has 0 saturated heterocycles. The molecule has 0 bridgehead atoms. The highest BCUT2D eigenvalue weighted by atomic mass is 19.4. The minimum Gasteiger partial charge on any atom is -0.465 e. The van der Waals surface area contributed by atoms with Crippen LogP contribution in [-0.4, -0.2) is 31.1 Å². The van der Waals surface area contributed by atoms with Crippen molar-refractivity contribution in [3.8, 4) is 0 Å². The SMILES string of the molecule is COC(=O)c1c(C(F)F)nc(C(F)(F)F)c(C(=O)OC)c1C1CC1. The van der Waals surface area contributed by atoms with E-state index in [1.54, 1.807) is 0 Å². The van der Waals surface area contributed by atoms with Crippen LogP contribution >= 0.6 is 0 Å². The van der Waals surface area contributed by atoms with Crippen LogP contribution in [0.1, 0.15) is 62.9 Å². The molecule has 0 spiro atoms. The number of ether oxygens (including phenoxy) is 2. The van der Waals surface area contributed by atoms with E-state index in [1.807, 2.05) is 0 Å². The highest BCUT2D eigenvalue weighted by Crippen LogP contribution is 2.48. The topological polar surface area (TPSA) is 65.5 Å². The van der Waals surface area contributed by atoms with Gasteiger partial charge in [0, 0.05) is 0 Å². The highest BCUT2D eigenvalue weighted by Gasteiger charge is 2.46. The fourth-order valence-electron chi connectivity index (χ4n) is 2.39. The Morgan fingerprint density at radius 3 is 1.96 bits per heavy atom. The summed E-state index contributed by atoms with van der Waals surface area (Å²) in [6.45, 7) is 0. The summed E-state index contributed by atoms with van der Waals surface area (Å²) in [5, 5.41) is 0. The van der Waals surface area contributed by atoms with E-state index in [1.165, 1.54) is 0 Å². The lowest BCUT2D eigenvalue weighted by molar-refractivity contribution is -0.142. The smallest absolute Gasteiger partial charge is 0.434 e. The number of carbonyl (C=O) groups is 2. The van der Waals surface area contributed by atoms with Gasteiger partial charge in [-0.1, -0.05) is 0 Å². The molecule has 1 fully saturated rings. The normalized spacial score (nSPS) is 14.7. The van der Waals surface area contributed by atoms with Crippen LogP contribution in [0.3, 0.4) is 0 Å². The van der Waals surface area contributed by atoms with Crippen LogP contribution in [-0.2, 0) is 15.7 Å². The molecule has 5 nitrogen and oxygen atoms in total. The van der Waals surface area contributed by atoms with Gasteiger partial charge in [-0.05, 0) is 24.3 Å². The number of nitrogens with zero attached hydrogens (tertiary/aromatic N) is 1. The van der Waals surface area contributed by atoms with E-state index < -0.39 is 58.5 Å². The van der Waals surface area contributed by atoms with E-state index in [2.05, 4.69) is 14.5 Å². The Morgan fingerprint density at radius 1 is 1.08 bits per heavy atom.